The van der Waals surface area contributed by atoms with E-state index in [1.165, 1.54) is 0 Å². The van der Waals surface area contributed by atoms with E-state index >= 15 is 0 Å². The SMILES string of the molecule is Cc1cccc(S(=O)(=O)N2CCC[C@@H]2Cn2ccnc2C)c1. The zero-order valence-corrected chi connectivity index (χ0v) is 13.8. The largest absolute Gasteiger partial charge is 0.334 e. The van der Waals surface area contributed by atoms with Crippen LogP contribution in [0.25, 0.3) is 0 Å². The van der Waals surface area contributed by atoms with Crippen molar-refractivity contribution in [1.82, 2.24) is 13.9 Å². The predicted molar refractivity (Wildman–Crippen MR) is 85.1 cm³/mol. The second-order valence-corrected chi connectivity index (χ2v) is 7.75. The van der Waals surface area contributed by atoms with E-state index in [9.17, 15) is 8.42 Å². The van der Waals surface area contributed by atoms with Gasteiger partial charge in [-0.05, 0) is 44.4 Å². The molecule has 1 aromatic carbocycles. The van der Waals surface area contributed by atoms with Crippen molar-refractivity contribution in [1.29, 1.82) is 0 Å². The fraction of sp³-hybridized carbons (Fsp3) is 0.438. The van der Waals surface area contributed by atoms with E-state index in [-0.39, 0.29) is 6.04 Å². The van der Waals surface area contributed by atoms with E-state index in [4.69, 9.17) is 0 Å². The van der Waals surface area contributed by atoms with Crippen LogP contribution in [0.1, 0.15) is 24.2 Å². The molecule has 0 saturated carbocycles. The summed E-state index contributed by atoms with van der Waals surface area (Å²) in [7, 11) is -3.43. The molecule has 1 aromatic heterocycles. The number of imidazole rings is 1. The summed E-state index contributed by atoms with van der Waals surface area (Å²) >= 11 is 0. The van der Waals surface area contributed by atoms with Crippen molar-refractivity contribution in [3.8, 4) is 0 Å². The zero-order valence-electron chi connectivity index (χ0n) is 12.9. The maximum absolute atomic E-state index is 12.9. The number of nitrogens with zero attached hydrogens (tertiary/aromatic N) is 3. The first kappa shape index (κ1) is 15.2. The van der Waals surface area contributed by atoms with Crippen LogP contribution in [0.15, 0.2) is 41.6 Å². The van der Waals surface area contributed by atoms with Crippen molar-refractivity contribution in [2.45, 2.75) is 44.2 Å². The van der Waals surface area contributed by atoms with Gasteiger partial charge in [-0.3, -0.25) is 0 Å². The molecule has 1 atom stereocenters. The number of sulfonamides is 1. The average Bonchev–Trinajstić information content (AvgIpc) is 3.10. The third-order valence-corrected chi connectivity index (χ3v) is 6.20. The third kappa shape index (κ3) is 2.80. The lowest BCUT2D eigenvalue weighted by Gasteiger charge is -2.25. The van der Waals surface area contributed by atoms with Crippen LogP contribution in [0, 0.1) is 13.8 Å². The molecule has 1 fully saturated rings. The van der Waals surface area contributed by atoms with Gasteiger partial charge >= 0.3 is 0 Å². The number of hydrogen-bond acceptors (Lipinski definition) is 3. The maximum atomic E-state index is 12.9. The summed E-state index contributed by atoms with van der Waals surface area (Å²) in [4.78, 5) is 4.60. The smallest absolute Gasteiger partial charge is 0.243 e. The van der Waals surface area contributed by atoms with E-state index in [0.29, 0.717) is 18.0 Å². The first-order valence-electron chi connectivity index (χ1n) is 7.55. The number of benzene rings is 1. The van der Waals surface area contributed by atoms with Crippen LogP contribution < -0.4 is 0 Å². The second kappa shape index (κ2) is 5.85. The molecule has 1 aliphatic heterocycles. The average molecular weight is 319 g/mol. The van der Waals surface area contributed by atoms with Gasteiger partial charge in [0.1, 0.15) is 5.82 Å². The van der Waals surface area contributed by atoms with E-state index in [1.54, 1.807) is 28.7 Å². The summed E-state index contributed by atoms with van der Waals surface area (Å²) in [5.74, 6) is 0.916. The van der Waals surface area contributed by atoms with Gasteiger partial charge in [0.2, 0.25) is 10.0 Å². The van der Waals surface area contributed by atoms with Gasteiger partial charge < -0.3 is 4.57 Å². The van der Waals surface area contributed by atoms with Crippen molar-refractivity contribution < 1.29 is 8.42 Å². The van der Waals surface area contributed by atoms with Gasteiger partial charge in [0, 0.05) is 31.5 Å². The quantitative estimate of drug-likeness (QED) is 0.869. The topological polar surface area (TPSA) is 55.2 Å². The highest BCUT2D eigenvalue weighted by Crippen LogP contribution is 2.27. The first-order valence-corrected chi connectivity index (χ1v) is 8.99. The van der Waals surface area contributed by atoms with Gasteiger partial charge in [0.15, 0.2) is 0 Å². The Kier molecular flexibility index (Phi) is 4.06. The molecule has 5 nitrogen and oxygen atoms in total. The minimum atomic E-state index is -3.43. The van der Waals surface area contributed by atoms with Crippen molar-refractivity contribution in [3.63, 3.8) is 0 Å². The molecular weight excluding hydrogens is 298 g/mol. The van der Waals surface area contributed by atoms with E-state index < -0.39 is 10.0 Å². The summed E-state index contributed by atoms with van der Waals surface area (Å²) in [6.45, 7) is 5.11. The van der Waals surface area contributed by atoms with Crippen molar-refractivity contribution >= 4 is 10.0 Å². The van der Waals surface area contributed by atoms with Gasteiger partial charge in [-0.25, -0.2) is 13.4 Å². The molecule has 2 aromatic rings. The van der Waals surface area contributed by atoms with Crippen molar-refractivity contribution in [2.75, 3.05) is 6.54 Å². The molecule has 118 valence electrons. The van der Waals surface area contributed by atoms with Crippen LogP contribution in [0.4, 0.5) is 0 Å². The van der Waals surface area contributed by atoms with Crippen LogP contribution in [-0.4, -0.2) is 34.9 Å². The number of aromatic nitrogens is 2. The van der Waals surface area contributed by atoms with Gasteiger partial charge in [-0.1, -0.05) is 12.1 Å². The van der Waals surface area contributed by atoms with Gasteiger partial charge in [-0.2, -0.15) is 4.31 Å². The molecule has 1 saturated heterocycles. The molecule has 0 aliphatic carbocycles. The first-order chi connectivity index (χ1) is 10.5. The van der Waals surface area contributed by atoms with Gasteiger partial charge in [0.25, 0.3) is 0 Å². The summed E-state index contributed by atoms with van der Waals surface area (Å²) in [5.41, 5.74) is 0.960. The lowest BCUT2D eigenvalue weighted by atomic mass is 10.2. The van der Waals surface area contributed by atoms with Crippen LogP contribution in [0.3, 0.4) is 0 Å². The Bertz CT molecular complexity index is 767. The van der Waals surface area contributed by atoms with Gasteiger partial charge in [0.05, 0.1) is 4.90 Å². The minimum absolute atomic E-state index is 0.00147. The highest BCUT2D eigenvalue weighted by molar-refractivity contribution is 7.89. The standard InChI is InChI=1S/C16H21N3O2S/c1-13-5-3-7-16(11-13)22(20,21)19-9-4-6-15(19)12-18-10-8-17-14(18)2/h3,5,7-8,10-11,15H,4,6,9,12H2,1-2H3/t15-/m1/s1. The molecule has 22 heavy (non-hydrogen) atoms. The predicted octanol–water partition coefficient (Wildman–Crippen LogP) is 2.35. The molecule has 3 rings (SSSR count). The molecule has 0 unspecified atom stereocenters. The molecule has 0 radical (unpaired) electrons. The zero-order chi connectivity index (χ0) is 15.7. The Labute approximate surface area is 131 Å². The van der Waals surface area contributed by atoms with Crippen molar-refractivity contribution in [2.24, 2.45) is 0 Å². The number of hydrogen-bond donors (Lipinski definition) is 0. The van der Waals surface area contributed by atoms with Crippen LogP contribution in [0.2, 0.25) is 0 Å². The fourth-order valence-electron chi connectivity index (χ4n) is 3.04. The fourth-order valence-corrected chi connectivity index (χ4v) is 4.83. The maximum Gasteiger partial charge on any atom is 0.243 e. The Balaban J connectivity index is 1.87. The molecule has 2 heterocycles. The Morgan fingerprint density at radius 3 is 2.82 bits per heavy atom. The molecule has 1 aliphatic rings. The van der Waals surface area contributed by atoms with Crippen LogP contribution in [-0.2, 0) is 16.6 Å². The molecular formula is C16H21N3O2S. The molecule has 0 spiro atoms. The summed E-state index contributed by atoms with van der Waals surface area (Å²) < 4.78 is 29.5. The molecule has 6 heteroatoms. The highest BCUT2D eigenvalue weighted by Gasteiger charge is 2.35. The number of rotatable bonds is 4. The number of aryl methyl sites for hydroxylation is 2. The molecule has 0 amide bonds. The highest BCUT2D eigenvalue weighted by atomic mass is 32.2. The summed E-state index contributed by atoms with van der Waals surface area (Å²) in [6, 6.07) is 7.13. The van der Waals surface area contributed by atoms with E-state index in [0.717, 1.165) is 24.2 Å². The van der Waals surface area contributed by atoms with E-state index in [1.807, 2.05) is 30.7 Å². The van der Waals surface area contributed by atoms with E-state index in [2.05, 4.69) is 4.98 Å². The normalized spacial score (nSPS) is 19.6. The van der Waals surface area contributed by atoms with Crippen molar-refractivity contribution in [3.05, 3.63) is 48.0 Å². The summed E-state index contributed by atoms with van der Waals surface area (Å²) in [6.07, 6.45) is 5.46. The second-order valence-electron chi connectivity index (χ2n) is 5.86. The minimum Gasteiger partial charge on any atom is -0.334 e. The van der Waals surface area contributed by atoms with Crippen LogP contribution >= 0.6 is 0 Å². The monoisotopic (exact) mass is 319 g/mol. The van der Waals surface area contributed by atoms with Crippen LogP contribution in [0.5, 0.6) is 0 Å². The lowest BCUT2D eigenvalue weighted by Crippen LogP contribution is -2.38. The Morgan fingerprint density at radius 2 is 2.14 bits per heavy atom. The summed E-state index contributed by atoms with van der Waals surface area (Å²) in [5, 5.41) is 0. The molecule has 0 N–H and O–H groups in total. The third-order valence-electron chi connectivity index (χ3n) is 4.25. The van der Waals surface area contributed by atoms with Gasteiger partial charge in [-0.15, -0.1) is 0 Å². The lowest BCUT2D eigenvalue weighted by molar-refractivity contribution is 0.350. The Hall–Kier alpha value is -1.66. The Morgan fingerprint density at radius 1 is 1.32 bits per heavy atom. The molecule has 0 bridgehead atoms.